The van der Waals surface area contributed by atoms with Gasteiger partial charge >= 0.3 is 0 Å². The van der Waals surface area contributed by atoms with Crippen LogP contribution in [0.15, 0.2) is 30.3 Å². The summed E-state index contributed by atoms with van der Waals surface area (Å²) < 4.78 is 0. The summed E-state index contributed by atoms with van der Waals surface area (Å²) >= 11 is 0. The zero-order valence-electron chi connectivity index (χ0n) is 9.40. The molecule has 0 spiro atoms. The van der Waals surface area contributed by atoms with Crippen molar-refractivity contribution in [2.75, 3.05) is 13.1 Å². The maximum absolute atomic E-state index is 10.8. The molecule has 2 heteroatoms. The molecular weight excluding hydrogens is 186 g/mol. The molecule has 0 amide bonds. The number of benzene rings is 1. The third kappa shape index (κ3) is 1.68. The van der Waals surface area contributed by atoms with Gasteiger partial charge in [0.05, 0.1) is 5.60 Å². The fourth-order valence-electron chi connectivity index (χ4n) is 2.59. The lowest BCUT2D eigenvalue weighted by atomic mass is 9.71. The van der Waals surface area contributed by atoms with E-state index in [0.29, 0.717) is 0 Å². The Labute approximate surface area is 91.3 Å². The van der Waals surface area contributed by atoms with E-state index in [1.807, 2.05) is 30.3 Å². The van der Waals surface area contributed by atoms with E-state index in [2.05, 4.69) is 19.2 Å². The molecule has 1 aromatic carbocycles. The van der Waals surface area contributed by atoms with Gasteiger partial charge in [0.15, 0.2) is 0 Å². The molecule has 2 N–H and O–H groups in total. The van der Waals surface area contributed by atoms with E-state index in [-0.39, 0.29) is 11.8 Å². The summed E-state index contributed by atoms with van der Waals surface area (Å²) in [7, 11) is 0. The summed E-state index contributed by atoms with van der Waals surface area (Å²) in [6, 6.07) is 10.0. The molecule has 2 nitrogen and oxygen atoms in total. The van der Waals surface area contributed by atoms with Crippen molar-refractivity contribution < 1.29 is 5.11 Å². The Morgan fingerprint density at radius 3 is 2.20 bits per heavy atom. The molecule has 1 aliphatic heterocycles. The number of hydrogen-bond acceptors (Lipinski definition) is 2. The first-order chi connectivity index (χ1) is 7.15. The molecule has 2 rings (SSSR count). The van der Waals surface area contributed by atoms with Crippen molar-refractivity contribution in [3.63, 3.8) is 0 Å². The van der Waals surface area contributed by atoms with Gasteiger partial charge in [-0.3, -0.25) is 0 Å². The second kappa shape index (κ2) is 3.95. The third-order valence-electron chi connectivity index (χ3n) is 3.64. The average Bonchev–Trinajstić information content (AvgIpc) is 2.27. The predicted molar refractivity (Wildman–Crippen MR) is 61.5 cm³/mol. The third-order valence-corrected chi connectivity index (χ3v) is 3.64. The number of aliphatic hydroxyl groups is 1. The van der Waals surface area contributed by atoms with Crippen LogP contribution in [0, 0.1) is 11.8 Å². The van der Waals surface area contributed by atoms with E-state index < -0.39 is 5.60 Å². The minimum atomic E-state index is -0.674. The summed E-state index contributed by atoms with van der Waals surface area (Å²) in [5.41, 5.74) is 0.374. The Bertz CT molecular complexity index is 313. The lowest BCUT2D eigenvalue weighted by molar-refractivity contribution is -0.0806. The molecule has 0 aromatic heterocycles. The monoisotopic (exact) mass is 205 g/mol. The van der Waals surface area contributed by atoms with Gasteiger partial charge in [0.1, 0.15) is 0 Å². The first-order valence-electron chi connectivity index (χ1n) is 5.64. The van der Waals surface area contributed by atoms with Crippen LogP contribution >= 0.6 is 0 Å². The summed E-state index contributed by atoms with van der Waals surface area (Å²) in [6.45, 7) is 5.98. The van der Waals surface area contributed by atoms with Crippen molar-refractivity contribution in [3.8, 4) is 0 Å². The van der Waals surface area contributed by atoms with Gasteiger partial charge in [0.25, 0.3) is 0 Å². The standard InChI is InChI=1S/C13H19NO/c1-10-8-14-9-11(2)13(10,15)12-6-4-3-5-7-12/h3-7,10-11,14-15H,8-9H2,1-2H3/t10-,11+,13?. The van der Waals surface area contributed by atoms with Gasteiger partial charge in [-0.25, -0.2) is 0 Å². The zero-order chi connectivity index (χ0) is 10.9. The highest BCUT2D eigenvalue weighted by atomic mass is 16.3. The minimum absolute atomic E-state index is 0.253. The maximum Gasteiger partial charge on any atom is 0.0971 e. The smallest absolute Gasteiger partial charge is 0.0971 e. The second-order valence-electron chi connectivity index (χ2n) is 4.65. The van der Waals surface area contributed by atoms with Crippen LogP contribution in [0.25, 0.3) is 0 Å². The van der Waals surface area contributed by atoms with E-state index in [1.165, 1.54) is 0 Å². The predicted octanol–water partition coefficient (Wildman–Crippen LogP) is 1.75. The molecule has 1 saturated heterocycles. The van der Waals surface area contributed by atoms with Crippen molar-refractivity contribution in [1.82, 2.24) is 5.32 Å². The van der Waals surface area contributed by atoms with Crippen LogP contribution < -0.4 is 5.32 Å². The number of hydrogen-bond donors (Lipinski definition) is 2. The van der Waals surface area contributed by atoms with Crippen molar-refractivity contribution in [3.05, 3.63) is 35.9 Å². The molecule has 1 heterocycles. The highest BCUT2D eigenvalue weighted by Gasteiger charge is 2.42. The molecule has 1 aromatic rings. The molecule has 1 unspecified atom stereocenters. The van der Waals surface area contributed by atoms with Crippen LogP contribution in [0.3, 0.4) is 0 Å². The highest BCUT2D eigenvalue weighted by molar-refractivity contribution is 5.25. The van der Waals surface area contributed by atoms with Gasteiger partial charge in [-0.15, -0.1) is 0 Å². The summed E-state index contributed by atoms with van der Waals surface area (Å²) in [5, 5.41) is 14.2. The molecule has 15 heavy (non-hydrogen) atoms. The SMILES string of the molecule is C[C@@H]1CNC[C@H](C)C1(O)c1ccccc1. The quantitative estimate of drug-likeness (QED) is 0.732. The molecule has 0 aliphatic carbocycles. The van der Waals surface area contributed by atoms with E-state index >= 15 is 0 Å². The van der Waals surface area contributed by atoms with E-state index in [1.54, 1.807) is 0 Å². The lowest BCUT2D eigenvalue weighted by Crippen LogP contribution is -2.52. The normalized spacial score (nSPS) is 36.5. The average molecular weight is 205 g/mol. The van der Waals surface area contributed by atoms with Crippen LogP contribution in [0.4, 0.5) is 0 Å². The van der Waals surface area contributed by atoms with Crippen LogP contribution in [0.2, 0.25) is 0 Å². The van der Waals surface area contributed by atoms with Crippen LogP contribution in [0.5, 0.6) is 0 Å². The Hall–Kier alpha value is -0.860. The molecule has 1 fully saturated rings. The molecule has 0 saturated carbocycles. The fourth-order valence-corrected chi connectivity index (χ4v) is 2.59. The summed E-state index contributed by atoms with van der Waals surface area (Å²) in [4.78, 5) is 0. The van der Waals surface area contributed by atoms with Gasteiger partial charge in [0.2, 0.25) is 0 Å². The first kappa shape index (κ1) is 10.7. The van der Waals surface area contributed by atoms with Gasteiger partial charge < -0.3 is 10.4 Å². The minimum Gasteiger partial charge on any atom is -0.385 e. The van der Waals surface area contributed by atoms with E-state index in [4.69, 9.17) is 0 Å². The summed E-state index contributed by atoms with van der Waals surface area (Å²) in [5.74, 6) is 0.507. The molecule has 82 valence electrons. The van der Waals surface area contributed by atoms with Crippen LogP contribution in [-0.4, -0.2) is 18.2 Å². The van der Waals surface area contributed by atoms with Crippen molar-refractivity contribution in [2.45, 2.75) is 19.4 Å². The Kier molecular flexibility index (Phi) is 2.81. The molecule has 1 aliphatic rings. The molecule has 0 radical (unpaired) electrons. The van der Waals surface area contributed by atoms with Crippen LogP contribution in [0.1, 0.15) is 19.4 Å². The summed E-state index contributed by atoms with van der Waals surface area (Å²) in [6.07, 6.45) is 0. The molecular formula is C13H19NO. The van der Waals surface area contributed by atoms with Gasteiger partial charge in [-0.2, -0.15) is 0 Å². The molecule has 3 atom stereocenters. The van der Waals surface area contributed by atoms with Crippen molar-refractivity contribution in [1.29, 1.82) is 0 Å². The topological polar surface area (TPSA) is 32.3 Å². The van der Waals surface area contributed by atoms with E-state index in [9.17, 15) is 5.11 Å². The maximum atomic E-state index is 10.8. The lowest BCUT2D eigenvalue weighted by Gasteiger charge is -2.44. The van der Waals surface area contributed by atoms with Gasteiger partial charge in [0, 0.05) is 24.9 Å². The number of piperidine rings is 1. The van der Waals surface area contributed by atoms with Gasteiger partial charge in [-0.1, -0.05) is 44.2 Å². The van der Waals surface area contributed by atoms with Gasteiger partial charge in [-0.05, 0) is 5.56 Å². The largest absolute Gasteiger partial charge is 0.385 e. The number of nitrogens with one attached hydrogen (secondary N) is 1. The highest BCUT2D eigenvalue weighted by Crippen LogP contribution is 2.38. The first-order valence-corrected chi connectivity index (χ1v) is 5.64. The Balaban J connectivity index is 2.38. The zero-order valence-corrected chi connectivity index (χ0v) is 9.40. The van der Waals surface area contributed by atoms with Crippen LogP contribution in [-0.2, 0) is 5.60 Å². The van der Waals surface area contributed by atoms with E-state index in [0.717, 1.165) is 18.7 Å². The van der Waals surface area contributed by atoms with Crippen molar-refractivity contribution in [2.24, 2.45) is 11.8 Å². The second-order valence-corrected chi connectivity index (χ2v) is 4.65. The Morgan fingerprint density at radius 1 is 1.13 bits per heavy atom. The molecule has 0 bridgehead atoms. The van der Waals surface area contributed by atoms with Crippen molar-refractivity contribution >= 4 is 0 Å². The number of rotatable bonds is 1. The fraction of sp³-hybridized carbons (Fsp3) is 0.538. The Morgan fingerprint density at radius 2 is 1.67 bits per heavy atom.